The maximum absolute atomic E-state index is 13.1. The van der Waals surface area contributed by atoms with Gasteiger partial charge < -0.3 is 10.1 Å². The Kier molecular flexibility index (Phi) is 6.32. The van der Waals surface area contributed by atoms with Crippen molar-refractivity contribution in [2.45, 2.75) is 31.9 Å². The minimum atomic E-state index is -0.908. The molecule has 0 fully saturated rings. The summed E-state index contributed by atoms with van der Waals surface area (Å²) in [5, 5.41) is 3.52. The second kappa shape index (κ2) is 9.35. The van der Waals surface area contributed by atoms with Gasteiger partial charge in [0.05, 0.1) is 0 Å². The monoisotopic (exact) mass is 453 g/mol. The van der Waals surface area contributed by atoms with Crippen molar-refractivity contribution in [3.05, 3.63) is 120 Å². The van der Waals surface area contributed by atoms with Crippen LogP contribution in [0, 0.1) is 0 Å². The van der Waals surface area contributed by atoms with E-state index >= 15 is 0 Å². The average Bonchev–Trinajstić information content (AvgIpc) is 3.26. The summed E-state index contributed by atoms with van der Waals surface area (Å²) in [7, 11) is 0. The van der Waals surface area contributed by atoms with E-state index in [2.05, 4.69) is 10.3 Å². The van der Waals surface area contributed by atoms with E-state index in [1.54, 1.807) is 20.8 Å². The van der Waals surface area contributed by atoms with Gasteiger partial charge in [0, 0.05) is 6.20 Å². The molecule has 0 aliphatic carbocycles. The van der Waals surface area contributed by atoms with Gasteiger partial charge >= 0.3 is 6.09 Å². The zero-order valence-electron chi connectivity index (χ0n) is 19.4. The predicted octanol–water partition coefficient (Wildman–Crippen LogP) is 5.88. The van der Waals surface area contributed by atoms with Crippen LogP contribution in [0.5, 0.6) is 0 Å². The third-order valence-corrected chi connectivity index (χ3v) is 5.36. The number of hydrogen-bond acceptors (Lipinski definition) is 5. The lowest BCUT2D eigenvalue weighted by Crippen LogP contribution is -2.40. The van der Waals surface area contributed by atoms with E-state index in [9.17, 15) is 9.59 Å². The molecule has 0 radical (unpaired) electrons. The fourth-order valence-corrected chi connectivity index (χ4v) is 3.94. The average molecular weight is 454 g/mol. The van der Waals surface area contributed by atoms with Crippen LogP contribution < -0.4 is 5.32 Å². The molecule has 6 nitrogen and oxygen atoms in total. The topological polar surface area (TPSA) is 73.2 Å². The number of hydrogen-bond donors (Lipinski definition) is 1. The number of nitrogens with one attached hydrogen (secondary N) is 1. The van der Waals surface area contributed by atoms with Crippen LogP contribution in [0.3, 0.4) is 0 Å². The highest BCUT2D eigenvalue weighted by molar-refractivity contribution is 5.80. The summed E-state index contributed by atoms with van der Waals surface area (Å²) in [5.41, 5.74) is 1.33. The summed E-state index contributed by atoms with van der Waals surface area (Å²) in [6.45, 7) is 5.37. The van der Waals surface area contributed by atoms with Crippen molar-refractivity contribution in [1.82, 2.24) is 9.55 Å². The van der Waals surface area contributed by atoms with E-state index in [4.69, 9.17) is 4.74 Å². The van der Waals surface area contributed by atoms with E-state index in [0.717, 1.165) is 16.7 Å². The maximum Gasteiger partial charge on any atom is 0.421 e. The highest BCUT2D eigenvalue weighted by atomic mass is 16.6. The third kappa shape index (κ3) is 4.62. The lowest BCUT2D eigenvalue weighted by atomic mass is 9.77. The quantitative estimate of drug-likeness (QED) is 0.291. The Labute approximate surface area is 199 Å². The molecule has 0 atom stereocenters. The number of ether oxygens (including phenoxy) is 1. The van der Waals surface area contributed by atoms with Crippen LogP contribution in [0.15, 0.2) is 97.2 Å². The van der Waals surface area contributed by atoms with Crippen LogP contribution in [-0.4, -0.2) is 27.5 Å². The number of nitrogens with zero attached hydrogens (tertiary/aromatic N) is 2. The molecule has 1 heterocycles. The molecule has 0 saturated heterocycles. The molecule has 0 unspecified atom stereocenters. The van der Waals surface area contributed by atoms with Gasteiger partial charge in [-0.1, -0.05) is 91.0 Å². The summed E-state index contributed by atoms with van der Waals surface area (Å²) in [4.78, 5) is 29.1. The van der Waals surface area contributed by atoms with E-state index < -0.39 is 17.2 Å². The minimum absolute atomic E-state index is 0.122. The molecular formula is C28H27N3O3. The number of aromatic nitrogens is 2. The first-order valence-corrected chi connectivity index (χ1v) is 11.1. The normalized spacial score (nSPS) is 11.6. The minimum Gasteiger partial charge on any atom is -0.443 e. The van der Waals surface area contributed by atoms with Gasteiger partial charge in [0.25, 0.3) is 0 Å². The number of aldehydes is 1. The molecule has 4 aromatic rings. The smallest absolute Gasteiger partial charge is 0.421 e. The van der Waals surface area contributed by atoms with Crippen LogP contribution in [-0.2, 0) is 10.3 Å². The van der Waals surface area contributed by atoms with Gasteiger partial charge in [-0.3, -0.25) is 4.79 Å². The molecule has 0 aliphatic heterocycles. The molecule has 172 valence electrons. The molecule has 0 saturated carbocycles. The number of rotatable bonds is 6. The van der Waals surface area contributed by atoms with Crippen LogP contribution in [0.2, 0.25) is 0 Å². The molecule has 34 heavy (non-hydrogen) atoms. The van der Waals surface area contributed by atoms with Crippen molar-refractivity contribution >= 4 is 18.3 Å². The van der Waals surface area contributed by atoms with Crippen LogP contribution in [0.1, 0.15) is 48.0 Å². The first-order valence-electron chi connectivity index (χ1n) is 11.1. The Bertz CT molecular complexity index is 1160. The Morgan fingerprint density at radius 1 is 0.824 bits per heavy atom. The largest absolute Gasteiger partial charge is 0.443 e. The number of imidazole rings is 1. The summed E-state index contributed by atoms with van der Waals surface area (Å²) >= 11 is 0. The van der Waals surface area contributed by atoms with Gasteiger partial charge in [-0.15, -0.1) is 0 Å². The Morgan fingerprint density at radius 3 is 1.65 bits per heavy atom. The molecule has 0 amide bonds. The second-order valence-electron chi connectivity index (χ2n) is 8.93. The van der Waals surface area contributed by atoms with Crippen molar-refractivity contribution in [1.29, 1.82) is 0 Å². The van der Waals surface area contributed by atoms with Gasteiger partial charge in [0.1, 0.15) is 16.8 Å². The molecule has 3 aromatic carbocycles. The van der Waals surface area contributed by atoms with Crippen molar-refractivity contribution in [2.24, 2.45) is 0 Å². The second-order valence-corrected chi connectivity index (χ2v) is 8.93. The molecule has 4 rings (SSSR count). The molecule has 1 N–H and O–H groups in total. The zero-order valence-corrected chi connectivity index (χ0v) is 19.4. The van der Waals surface area contributed by atoms with Crippen molar-refractivity contribution < 1.29 is 14.3 Å². The molecule has 0 bridgehead atoms. The number of anilines is 1. The molecular weight excluding hydrogens is 426 g/mol. The van der Waals surface area contributed by atoms with Crippen molar-refractivity contribution in [3.63, 3.8) is 0 Å². The maximum atomic E-state index is 13.1. The lowest BCUT2D eigenvalue weighted by molar-refractivity contribution is 0.0540. The van der Waals surface area contributed by atoms with E-state index in [0.29, 0.717) is 6.29 Å². The van der Waals surface area contributed by atoms with E-state index in [1.165, 1.54) is 10.8 Å². The lowest BCUT2D eigenvalue weighted by Gasteiger charge is -2.37. The SMILES string of the molecule is CC(C)(C)OC(=O)n1cc(C=O)nc1NC(c1ccccc1)(c1ccccc1)c1ccccc1. The number of carbonyl (C=O) groups excluding carboxylic acids is 2. The summed E-state index contributed by atoms with van der Waals surface area (Å²) in [5.74, 6) is 0.202. The predicted molar refractivity (Wildman–Crippen MR) is 132 cm³/mol. The fourth-order valence-electron chi connectivity index (χ4n) is 3.94. The zero-order chi connectivity index (χ0) is 24.2. The Hall–Kier alpha value is -4.19. The number of carbonyl (C=O) groups is 2. The summed E-state index contributed by atoms with van der Waals surface area (Å²) in [6.07, 6.45) is 1.37. The molecule has 0 aliphatic rings. The highest BCUT2D eigenvalue weighted by Gasteiger charge is 2.38. The van der Waals surface area contributed by atoms with Gasteiger partial charge in [-0.05, 0) is 37.5 Å². The van der Waals surface area contributed by atoms with Gasteiger partial charge in [0.2, 0.25) is 5.95 Å². The summed E-state index contributed by atoms with van der Waals surface area (Å²) in [6, 6.07) is 29.8. The van der Waals surface area contributed by atoms with Gasteiger partial charge in [-0.25, -0.2) is 14.3 Å². The molecule has 6 heteroatoms. The standard InChI is InChI=1S/C28H27N3O3/c1-27(2,3)34-26(33)31-19-24(20-32)29-25(31)30-28(21-13-7-4-8-14-21,22-15-9-5-10-16-22)23-17-11-6-12-18-23/h4-20H,1-3H3,(H,29,30). The third-order valence-electron chi connectivity index (χ3n) is 5.36. The van der Waals surface area contributed by atoms with E-state index in [1.807, 2.05) is 91.0 Å². The van der Waals surface area contributed by atoms with E-state index in [-0.39, 0.29) is 11.6 Å². The van der Waals surface area contributed by atoms with Crippen LogP contribution in [0.4, 0.5) is 10.7 Å². The Morgan fingerprint density at radius 2 is 1.26 bits per heavy atom. The Balaban J connectivity index is 1.96. The molecule has 0 spiro atoms. The molecule has 1 aromatic heterocycles. The first-order chi connectivity index (χ1) is 16.3. The van der Waals surface area contributed by atoms with Crippen LogP contribution >= 0.6 is 0 Å². The van der Waals surface area contributed by atoms with Gasteiger partial charge in [0.15, 0.2) is 6.29 Å². The summed E-state index contributed by atoms with van der Waals surface area (Å²) < 4.78 is 6.83. The van der Waals surface area contributed by atoms with Crippen molar-refractivity contribution in [3.8, 4) is 0 Å². The van der Waals surface area contributed by atoms with Crippen LogP contribution in [0.25, 0.3) is 0 Å². The fraction of sp³-hybridized carbons (Fsp3) is 0.179. The number of benzene rings is 3. The highest BCUT2D eigenvalue weighted by Crippen LogP contribution is 2.39. The van der Waals surface area contributed by atoms with Gasteiger partial charge in [-0.2, -0.15) is 0 Å². The van der Waals surface area contributed by atoms with Crippen molar-refractivity contribution in [2.75, 3.05) is 5.32 Å². The first kappa shape index (κ1) is 23.0.